The molecule has 2 aromatic heterocycles. The van der Waals surface area contributed by atoms with Crippen molar-refractivity contribution in [1.29, 1.82) is 0 Å². The van der Waals surface area contributed by atoms with Gasteiger partial charge in [-0.15, -0.1) is 0 Å². The van der Waals surface area contributed by atoms with E-state index in [1.165, 1.54) is 12.8 Å². The molecule has 0 bridgehead atoms. The van der Waals surface area contributed by atoms with E-state index in [2.05, 4.69) is 26.8 Å². The van der Waals surface area contributed by atoms with Gasteiger partial charge in [0, 0.05) is 23.8 Å². The molecule has 3 rings (SSSR count). The van der Waals surface area contributed by atoms with Crippen LogP contribution in [0.1, 0.15) is 24.7 Å². The molecule has 13 heavy (non-hydrogen) atoms. The van der Waals surface area contributed by atoms with Crippen molar-refractivity contribution in [2.24, 2.45) is 0 Å². The molecule has 0 atom stereocenters. The van der Waals surface area contributed by atoms with Gasteiger partial charge in [0.1, 0.15) is 11.5 Å². The van der Waals surface area contributed by atoms with Crippen LogP contribution in [-0.2, 0) is 0 Å². The Balaban J connectivity index is 2.29. The van der Waals surface area contributed by atoms with Crippen LogP contribution < -0.4 is 0 Å². The molecule has 2 aromatic rings. The SMILES string of the molecule is Cc1ncc2ccn(C3CC3)c2n1. The molecule has 0 aromatic carbocycles. The maximum atomic E-state index is 4.45. The smallest absolute Gasteiger partial charge is 0.143 e. The maximum Gasteiger partial charge on any atom is 0.143 e. The van der Waals surface area contributed by atoms with E-state index in [0.717, 1.165) is 16.9 Å². The molecule has 66 valence electrons. The van der Waals surface area contributed by atoms with E-state index in [9.17, 15) is 0 Å². The van der Waals surface area contributed by atoms with Gasteiger partial charge in [0.2, 0.25) is 0 Å². The maximum absolute atomic E-state index is 4.45. The van der Waals surface area contributed by atoms with Crippen LogP contribution in [0.5, 0.6) is 0 Å². The third-order valence-electron chi connectivity index (χ3n) is 2.52. The van der Waals surface area contributed by atoms with Crippen molar-refractivity contribution in [2.75, 3.05) is 0 Å². The largest absolute Gasteiger partial charge is 0.329 e. The minimum absolute atomic E-state index is 0.701. The molecule has 1 fully saturated rings. The molecular weight excluding hydrogens is 162 g/mol. The lowest BCUT2D eigenvalue weighted by Gasteiger charge is -2.00. The van der Waals surface area contributed by atoms with E-state index < -0.39 is 0 Å². The normalized spacial score (nSPS) is 16.7. The van der Waals surface area contributed by atoms with Crippen molar-refractivity contribution in [3.05, 3.63) is 24.3 Å². The van der Waals surface area contributed by atoms with Gasteiger partial charge in [-0.05, 0) is 25.8 Å². The number of hydrogen-bond donors (Lipinski definition) is 0. The van der Waals surface area contributed by atoms with E-state index >= 15 is 0 Å². The summed E-state index contributed by atoms with van der Waals surface area (Å²) in [7, 11) is 0. The Kier molecular flexibility index (Phi) is 1.26. The first-order chi connectivity index (χ1) is 6.34. The molecule has 1 aliphatic rings. The second-order valence-electron chi connectivity index (χ2n) is 3.65. The zero-order valence-corrected chi connectivity index (χ0v) is 7.57. The third-order valence-corrected chi connectivity index (χ3v) is 2.52. The van der Waals surface area contributed by atoms with Crippen LogP contribution >= 0.6 is 0 Å². The summed E-state index contributed by atoms with van der Waals surface area (Å²) in [5.74, 6) is 0.855. The van der Waals surface area contributed by atoms with Gasteiger partial charge in [-0.3, -0.25) is 0 Å². The first-order valence-corrected chi connectivity index (χ1v) is 4.65. The highest BCUT2D eigenvalue weighted by molar-refractivity contribution is 5.75. The fourth-order valence-electron chi connectivity index (χ4n) is 1.67. The number of nitrogens with zero attached hydrogens (tertiary/aromatic N) is 3. The van der Waals surface area contributed by atoms with E-state index in [0.29, 0.717) is 6.04 Å². The van der Waals surface area contributed by atoms with Gasteiger partial charge in [0.15, 0.2) is 0 Å². The summed E-state index contributed by atoms with van der Waals surface area (Å²) >= 11 is 0. The molecule has 2 heterocycles. The highest BCUT2D eigenvalue weighted by Gasteiger charge is 2.24. The highest BCUT2D eigenvalue weighted by Crippen LogP contribution is 2.36. The molecule has 3 nitrogen and oxygen atoms in total. The van der Waals surface area contributed by atoms with Crippen LogP contribution in [0.3, 0.4) is 0 Å². The Bertz CT molecular complexity index is 454. The Morgan fingerprint density at radius 3 is 3.08 bits per heavy atom. The summed E-state index contributed by atoms with van der Waals surface area (Å²) in [6.07, 6.45) is 6.62. The fourth-order valence-corrected chi connectivity index (χ4v) is 1.67. The molecule has 1 aliphatic carbocycles. The van der Waals surface area contributed by atoms with Gasteiger partial charge in [-0.1, -0.05) is 0 Å². The molecule has 1 saturated carbocycles. The third kappa shape index (κ3) is 1.03. The Labute approximate surface area is 76.4 Å². The monoisotopic (exact) mass is 173 g/mol. The predicted molar refractivity (Wildman–Crippen MR) is 50.5 cm³/mol. The number of aromatic nitrogens is 3. The quantitative estimate of drug-likeness (QED) is 0.661. The average Bonchev–Trinajstić information content (AvgIpc) is 2.87. The van der Waals surface area contributed by atoms with Crippen LogP contribution in [0, 0.1) is 6.92 Å². The van der Waals surface area contributed by atoms with Crippen molar-refractivity contribution < 1.29 is 0 Å². The number of fused-ring (bicyclic) bond motifs is 1. The first-order valence-electron chi connectivity index (χ1n) is 4.65. The van der Waals surface area contributed by atoms with Gasteiger partial charge < -0.3 is 4.57 Å². The lowest BCUT2D eigenvalue weighted by Crippen LogP contribution is -1.95. The van der Waals surface area contributed by atoms with Crippen LogP contribution in [0.25, 0.3) is 11.0 Å². The van der Waals surface area contributed by atoms with Crippen molar-refractivity contribution in [1.82, 2.24) is 14.5 Å². The molecule has 0 unspecified atom stereocenters. The molecule has 0 saturated heterocycles. The lowest BCUT2D eigenvalue weighted by atomic mass is 10.4. The topological polar surface area (TPSA) is 30.7 Å². The molecule has 3 heteroatoms. The average molecular weight is 173 g/mol. The van der Waals surface area contributed by atoms with Gasteiger partial charge in [-0.25, -0.2) is 9.97 Å². The van der Waals surface area contributed by atoms with Gasteiger partial charge in [0.25, 0.3) is 0 Å². The molecular formula is C10H11N3. The molecule has 0 amide bonds. The second kappa shape index (κ2) is 2.31. The van der Waals surface area contributed by atoms with Crippen molar-refractivity contribution in [3.8, 4) is 0 Å². The van der Waals surface area contributed by atoms with Crippen molar-refractivity contribution >= 4 is 11.0 Å². The highest BCUT2D eigenvalue weighted by atomic mass is 15.1. The summed E-state index contributed by atoms with van der Waals surface area (Å²) in [6, 6.07) is 2.79. The minimum atomic E-state index is 0.701. The van der Waals surface area contributed by atoms with Crippen molar-refractivity contribution in [3.63, 3.8) is 0 Å². The van der Waals surface area contributed by atoms with Gasteiger partial charge >= 0.3 is 0 Å². The summed E-state index contributed by atoms with van der Waals surface area (Å²) < 4.78 is 2.27. The van der Waals surface area contributed by atoms with Crippen molar-refractivity contribution in [2.45, 2.75) is 25.8 Å². The zero-order valence-electron chi connectivity index (χ0n) is 7.57. The first kappa shape index (κ1) is 7.06. The summed E-state index contributed by atoms with van der Waals surface area (Å²) in [5, 5.41) is 1.15. The van der Waals surface area contributed by atoms with Crippen LogP contribution in [0.15, 0.2) is 18.5 Å². The number of aryl methyl sites for hydroxylation is 1. The second-order valence-corrected chi connectivity index (χ2v) is 3.65. The standard InChI is InChI=1S/C10H11N3/c1-7-11-6-8-4-5-13(9-2-3-9)10(8)12-7/h4-6,9H,2-3H2,1H3. The summed E-state index contributed by atoms with van der Waals surface area (Å²) in [4.78, 5) is 8.62. The minimum Gasteiger partial charge on any atom is -0.329 e. The van der Waals surface area contributed by atoms with E-state index in [1.807, 2.05) is 13.1 Å². The Hall–Kier alpha value is -1.38. The van der Waals surface area contributed by atoms with Crippen LogP contribution in [0.2, 0.25) is 0 Å². The molecule has 0 radical (unpaired) electrons. The Morgan fingerprint density at radius 1 is 1.46 bits per heavy atom. The molecule has 0 aliphatic heterocycles. The summed E-state index contributed by atoms with van der Waals surface area (Å²) in [5.41, 5.74) is 1.09. The molecule has 0 spiro atoms. The summed E-state index contributed by atoms with van der Waals surface area (Å²) in [6.45, 7) is 1.93. The number of rotatable bonds is 1. The Morgan fingerprint density at radius 2 is 2.31 bits per heavy atom. The van der Waals surface area contributed by atoms with Gasteiger partial charge in [-0.2, -0.15) is 0 Å². The lowest BCUT2D eigenvalue weighted by molar-refractivity contribution is 0.763. The van der Waals surface area contributed by atoms with E-state index in [-0.39, 0.29) is 0 Å². The van der Waals surface area contributed by atoms with Crippen LogP contribution in [-0.4, -0.2) is 14.5 Å². The number of hydrogen-bond acceptors (Lipinski definition) is 2. The predicted octanol–water partition coefficient (Wildman–Crippen LogP) is 2.07. The van der Waals surface area contributed by atoms with E-state index in [1.54, 1.807) is 0 Å². The zero-order chi connectivity index (χ0) is 8.84. The van der Waals surface area contributed by atoms with Crippen LogP contribution in [0.4, 0.5) is 0 Å². The fraction of sp³-hybridized carbons (Fsp3) is 0.400. The van der Waals surface area contributed by atoms with Gasteiger partial charge in [0.05, 0.1) is 0 Å². The van der Waals surface area contributed by atoms with E-state index in [4.69, 9.17) is 0 Å². The molecule has 0 N–H and O–H groups in total.